The first-order chi connectivity index (χ1) is 12.2. The molecular weight excluding hydrogens is 340 g/mol. The lowest BCUT2D eigenvalue weighted by atomic mass is 10.1. The van der Waals surface area contributed by atoms with Gasteiger partial charge in [-0.05, 0) is 35.9 Å². The average molecular weight is 356 g/mol. The Kier molecular flexibility index (Phi) is 4.28. The molecule has 128 valence electrons. The fourth-order valence-electron chi connectivity index (χ4n) is 2.73. The van der Waals surface area contributed by atoms with Crippen molar-refractivity contribution in [3.8, 4) is 17.2 Å². The number of benzene rings is 2. The Morgan fingerprint density at radius 1 is 1.00 bits per heavy atom. The van der Waals surface area contributed by atoms with Gasteiger partial charge in [0.05, 0.1) is 13.2 Å². The minimum absolute atomic E-state index is 0.0726. The summed E-state index contributed by atoms with van der Waals surface area (Å²) in [4.78, 5) is 12.8. The van der Waals surface area contributed by atoms with Crippen molar-refractivity contribution in [2.75, 3.05) is 13.2 Å². The maximum absolute atomic E-state index is 11.8. The summed E-state index contributed by atoms with van der Waals surface area (Å²) < 4.78 is 16.5. The van der Waals surface area contributed by atoms with Crippen molar-refractivity contribution in [1.29, 1.82) is 0 Å². The van der Waals surface area contributed by atoms with Gasteiger partial charge in [-0.2, -0.15) is 0 Å². The zero-order chi connectivity index (χ0) is 17.2. The van der Waals surface area contributed by atoms with Crippen LogP contribution in [0.3, 0.4) is 0 Å². The predicted molar refractivity (Wildman–Crippen MR) is 95.8 cm³/mol. The minimum Gasteiger partial charge on any atom is -0.508 e. The summed E-state index contributed by atoms with van der Waals surface area (Å²) in [6, 6.07) is 12.2. The zero-order valence-corrected chi connectivity index (χ0v) is 14.2. The Bertz CT molecular complexity index is 979. The van der Waals surface area contributed by atoms with E-state index in [1.54, 1.807) is 23.9 Å². The first-order valence-corrected chi connectivity index (χ1v) is 8.96. The molecule has 0 radical (unpaired) electrons. The van der Waals surface area contributed by atoms with Gasteiger partial charge in [0.25, 0.3) is 0 Å². The van der Waals surface area contributed by atoms with Crippen LogP contribution in [0.5, 0.6) is 17.2 Å². The van der Waals surface area contributed by atoms with Crippen LogP contribution >= 0.6 is 11.8 Å². The monoisotopic (exact) mass is 356 g/mol. The van der Waals surface area contributed by atoms with Crippen molar-refractivity contribution >= 4 is 22.7 Å². The van der Waals surface area contributed by atoms with Crippen molar-refractivity contribution in [1.82, 2.24) is 0 Å². The number of phenols is 1. The third-order valence-corrected chi connectivity index (χ3v) is 4.97. The van der Waals surface area contributed by atoms with E-state index in [-0.39, 0.29) is 5.75 Å². The van der Waals surface area contributed by atoms with E-state index < -0.39 is 5.63 Å². The number of aromatic hydroxyl groups is 1. The SMILES string of the molecule is O=c1cc(CSc2ccc3c(c2)OCCCO3)c2ccc(O)cc2o1. The lowest BCUT2D eigenvalue weighted by molar-refractivity contribution is 0.297. The van der Waals surface area contributed by atoms with E-state index >= 15 is 0 Å². The molecule has 25 heavy (non-hydrogen) atoms. The van der Waals surface area contributed by atoms with Crippen LogP contribution in [-0.4, -0.2) is 18.3 Å². The highest BCUT2D eigenvalue weighted by Crippen LogP contribution is 2.35. The van der Waals surface area contributed by atoms with E-state index in [1.165, 1.54) is 12.1 Å². The summed E-state index contributed by atoms with van der Waals surface area (Å²) in [5.41, 5.74) is 0.831. The normalized spacial score (nSPS) is 13.6. The van der Waals surface area contributed by atoms with Gasteiger partial charge in [0.15, 0.2) is 11.5 Å². The van der Waals surface area contributed by atoms with Crippen molar-refractivity contribution in [2.45, 2.75) is 17.1 Å². The van der Waals surface area contributed by atoms with E-state index in [9.17, 15) is 9.90 Å². The highest BCUT2D eigenvalue weighted by atomic mass is 32.2. The second kappa shape index (κ2) is 6.72. The number of phenolic OH excluding ortho intramolecular Hbond substituents is 1. The average Bonchev–Trinajstić information content (AvgIpc) is 2.84. The first-order valence-electron chi connectivity index (χ1n) is 7.97. The summed E-state index contributed by atoms with van der Waals surface area (Å²) >= 11 is 1.60. The Hall–Kier alpha value is -2.60. The molecule has 0 atom stereocenters. The predicted octanol–water partition coefficient (Wildman–Crippen LogP) is 3.95. The van der Waals surface area contributed by atoms with Crippen LogP contribution in [0, 0.1) is 0 Å². The number of thioether (sulfide) groups is 1. The summed E-state index contributed by atoms with van der Waals surface area (Å²) in [6.45, 7) is 1.31. The number of rotatable bonds is 3. The van der Waals surface area contributed by atoms with Crippen LogP contribution < -0.4 is 15.1 Å². The second-order valence-corrected chi connectivity index (χ2v) is 6.77. The molecule has 2 aromatic carbocycles. The lowest BCUT2D eigenvalue weighted by Crippen LogP contribution is -1.99. The van der Waals surface area contributed by atoms with Gasteiger partial charge in [0.1, 0.15) is 11.3 Å². The second-order valence-electron chi connectivity index (χ2n) is 5.72. The molecule has 1 N–H and O–H groups in total. The number of ether oxygens (including phenoxy) is 2. The van der Waals surface area contributed by atoms with Crippen molar-refractivity contribution in [3.05, 3.63) is 58.4 Å². The first kappa shape index (κ1) is 15.9. The summed E-state index contributed by atoms with van der Waals surface area (Å²) in [6.07, 6.45) is 0.871. The highest BCUT2D eigenvalue weighted by molar-refractivity contribution is 7.98. The van der Waals surface area contributed by atoms with Crippen LogP contribution in [0.25, 0.3) is 11.0 Å². The van der Waals surface area contributed by atoms with Crippen molar-refractivity contribution in [3.63, 3.8) is 0 Å². The van der Waals surface area contributed by atoms with E-state index in [0.29, 0.717) is 24.5 Å². The molecule has 2 heterocycles. The summed E-state index contributed by atoms with van der Waals surface area (Å²) in [7, 11) is 0. The molecule has 1 aromatic heterocycles. The van der Waals surface area contributed by atoms with Gasteiger partial charge >= 0.3 is 5.63 Å². The molecule has 0 amide bonds. The topological polar surface area (TPSA) is 68.9 Å². The molecule has 3 aromatic rings. The van der Waals surface area contributed by atoms with E-state index in [1.807, 2.05) is 18.2 Å². The van der Waals surface area contributed by atoms with Gasteiger partial charge in [-0.25, -0.2) is 4.79 Å². The molecular formula is C19H16O5S. The Morgan fingerprint density at radius 2 is 1.84 bits per heavy atom. The van der Waals surface area contributed by atoms with E-state index in [4.69, 9.17) is 13.9 Å². The molecule has 0 bridgehead atoms. The Morgan fingerprint density at radius 3 is 2.72 bits per heavy atom. The fourth-order valence-corrected chi connectivity index (χ4v) is 3.65. The van der Waals surface area contributed by atoms with Gasteiger partial charge < -0.3 is 19.0 Å². The Balaban J connectivity index is 1.60. The molecule has 6 heteroatoms. The quantitative estimate of drug-likeness (QED) is 0.566. The fraction of sp³-hybridized carbons (Fsp3) is 0.211. The summed E-state index contributed by atoms with van der Waals surface area (Å²) in [5.74, 6) is 2.20. The van der Waals surface area contributed by atoms with E-state index in [2.05, 4.69) is 0 Å². The van der Waals surface area contributed by atoms with Gasteiger partial charge in [-0.1, -0.05) is 0 Å². The molecule has 0 spiro atoms. The lowest BCUT2D eigenvalue weighted by Gasteiger charge is -2.10. The molecule has 1 aliphatic rings. The molecule has 0 saturated heterocycles. The number of fused-ring (bicyclic) bond motifs is 2. The highest BCUT2D eigenvalue weighted by Gasteiger charge is 2.12. The van der Waals surface area contributed by atoms with Gasteiger partial charge in [-0.15, -0.1) is 11.8 Å². The smallest absolute Gasteiger partial charge is 0.336 e. The van der Waals surface area contributed by atoms with Gasteiger partial charge in [0, 0.05) is 34.6 Å². The van der Waals surface area contributed by atoms with Crippen molar-refractivity contribution < 1.29 is 19.0 Å². The van der Waals surface area contributed by atoms with Crippen molar-refractivity contribution in [2.24, 2.45) is 0 Å². The third-order valence-electron chi connectivity index (χ3n) is 3.93. The van der Waals surface area contributed by atoms with Crippen LogP contribution in [0.1, 0.15) is 12.0 Å². The molecule has 0 aliphatic carbocycles. The van der Waals surface area contributed by atoms with Gasteiger partial charge in [-0.3, -0.25) is 0 Å². The zero-order valence-electron chi connectivity index (χ0n) is 13.4. The van der Waals surface area contributed by atoms with Crippen LogP contribution in [0.15, 0.2) is 56.6 Å². The number of hydrogen-bond acceptors (Lipinski definition) is 6. The maximum atomic E-state index is 11.8. The molecule has 0 saturated carbocycles. The largest absolute Gasteiger partial charge is 0.508 e. The van der Waals surface area contributed by atoms with E-state index in [0.717, 1.165) is 33.8 Å². The van der Waals surface area contributed by atoms with Gasteiger partial charge in [0.2, 0.25) is 0 Å². The minimum atomic E-state index is -0.424. The Labute approximate surface area is 148 Å². The van der Waals surface area contributed by atoms with Crippen LogP contribution in [-0.2, 0) is 5.75 Å². The van der Waals surface area contributed by atoms with Crippen LogP contribution in [0.2, 0.25) is 0 Å². The molecule has 1 aliphatic heterocycles. The maximum Gasteiger partial charge on any atom is 0.336 e. The standard InChI is InChI=1S/C19H16O5S/c20-13-2-4-15-12(8-19(21)24-17(15)9-13)11-25-14-3-5-16-18(10-14)23-7-1-6-22-16/h2-5,8-10,20H,1,6-7,11H2. The number of hydrogen-bond donors (Lipinski definition) is 1. The van der Waals surface area contributed by atoms with Crippen LogP contribution in [0.4, 0.5) is 0 Å². The summed E-state index contributed by atoms with van der Waals surface area (Å²) in [5, 5.41) is 10.4. The molecule has 0 unspecified atom stereocenters. The molecule has 0 fully saturated rings. The molecule has 4 rings (SSSR count). The molecule has 5 nitrogen and oxygen atoms in total. The third kappa shape index (κ3) is 3.44.